The maximum absolute atomic E-state index is 14.5. The third-order valence-electron chi connectivity index (χ3n) is 5.51. The second-order valence-corrected chi connectivity index (χ2v) is 7.73. The van der Waals surface area contributed by atoms with Gasteiger partial charge in [-0.15, -0.1) is 0 Å². The van der Waals surface area contributed by atoms with Crippen LogP contribution in [0.2, 0.25) is 0 Å². The van der Waals surface area contributed by atoms with Gasteiger partial charge in [0.15, 0.2) is 11.5 Å². The van der Waals surface area contributed by atoms with Crippen molar-refractivity contribution in [2.24, 2.45) is 0 Å². The molecule has 0 atom stereocenters. The highest BCUT2D eigenvalue weighted by Gasteiger charge is 2.21. The average Bonchev–Trinajstić information content (AvgIpc) is 3.37. The summed E-state index contributed by atoms with van der Waals surface area (Å²) in [5.74, 6) is -0.693. The summed E-state index contributed by atoms with van der Waals surface area (Å²) in [6, 6.07) is 9.52. The highest BCUT2D eigenvalue weighted by Crippen LogP contribution is 2.30. The molecule has 182 valence electrons. The van der Waals surface area contributed by atoms with Gasteiger partial charge in [-0.05, 0) is 36.8 Å². The van der Waals surface area contributed by atoms with Gasteiger partial charge in [-0.1, -0.05) is 0 Å². The second kappa shape index (κ2) is 10.4. The first-order chi connectivity index (χ1) is 16.9. The van der Waals surface area contributed by atoms with E-state index < -0.39 is 17.5 Å². The van der Waals surface area contributed by atoms with Crippen molar-refractivity contribution in [3.8, 4) is 11.5 Å². The number of carbonyl (C=O) groups excluding carboxylic acids is 1. The number of hydrogen-bond acceptors (Lipinski definition) is 6. The van der Waals surface area contributed by atoms with Crippen LogP contribution in [0, 0.1) is 11.6 Å². The maximum atomic E-state index is 14.5. The highest BCUT2D eigenvalue weighted by molar-refractivity contribution is 5.93. The van der Waals surface area contributed by atoms with Crippen molar-refractivity contribution >= 4 is 22.5 Å². The van der Waals surface area contributed by atoms with E-state index in [-0.39, 0.29) is 37.2 Å². The summed E-state index contributed by atoms with van der Waals surface area (Å²) in [5, 5.41) is 0.351. The van der Waals surface area contributed by atoms with Crippen LogP contribution in [-0.2, 0) is 17.9 Å². The van der Waals surface area contributed by atoms with Crippen molar-refractivity contribution < 1.29 is 27.5 Å². The first-order valence-corrected chi connectivity index (χ1v) is 10.8. The van der Waals surface area contributed by atoms with E-state index >= 15 is 0 Å². The lowest BCUT2D eigenvalue weighted by Gasteiger charge is -2.22. The Labute approximate surface area is 199 Å². The Morgan fingerprint density at radius 2 is 1.89 bits per heavy atom. The normalized spacial score (nSPS) is 11.0. The van der Waals surface area contributed by atoms with Gasteiger partial charge in [0.2, 0.25) is 5.91 Å². The molecule has 4 aromatic rings. The van der Waals surface area contributed by atoms with Crippen molar-refractivity contribution in [2.75, 3.05) is 19.1 Å². The largest absolute Gasteiger partial charge is 0.493 e. The van der Waals surface area contributed by atoms with Crippen molar-refractivity contribution in [1.82, 2.24) is 9.55 Å². The molecule has 10 heteroatoms. The molecular formula is C25H23F2N3O5. The number of aryl methyl sites for hydroxylation is 1. The molecule has 35 heavy (non-hydrogen) atoms. The Hall–Kier alpha value is -4.21. The van der Waals surface area contributed by atoms with Gasteiger partial charge in [-0.25, -0.2) is 13.8 Å². The average molecular weight is 483 g/mol. The zero-order chi connectivity index (χ0) is 24.9. The summed E-state index contributed by atoms with van der Waals surface area (Å²) in [5.41, 5.74) is 0.107. The number of methoxy groups -OCH3 is 2. The van der Waals surface area contributed by atoms with Crippen molar-refractivity contribution in [2.45, 2.75) is 25.9 Å². The van der Waals surface area contributed by atoms with Crippen LogP contribution < -0.4 is 19.9 Å². The molecule has 2 aromatic heterocycles. The number of carbonyl (C=O) groups is 1. The number of anilines is 1. The molecule has 0 fully saturated rings. The minimum absolute atomic E-state index is 0.00787. The van der Waals surface area contributed by atoms with Gasteiger partial charge >= 0.3 is 0 Å². The number of benzene rings is 2. The SMILES string of the molecule is COc1cc2ncn(CCCC(=O)N(Cc3ccco3)c3ccc(F)cc3F)c(=O)c2cc1OC. The molecular weight excluding hydrogens is 460 g/mol. The molecule has 0 saturated heterocycles. The molecule has 0 saturated carbocycles. The smallest absolute Gasteiger partial charge is 0.261 e. The Morgan fingerprint density at radius 1 is 1.11 bits per heavy atom. The standard InChI is InChI=1S/C25H23F2N3O5/c1-33-22-12-18-20(13-23(22)34-2)28-15-29(25(18)32)9-3-6-24(31)30(14-17-5-4-10-35-17)21-8-7-16(26)11-19(21)27/h4-5,7-8,10-13,15H,3,6,9,14H2,1-2H3. The summed E-state index contributed by atoms with van der Waals surface area (Å²) in [6.45, 7) is 0.190. The zero-order valence-electron chi connectivity index (χ0n) is 19.2. The predicted molar refractivity (Wildman–Crippen MR) is 125 cm³/mol. The quantitative estimate of drug-likeness (QED) is 0.353. The molecule has 0 aliphatic rings. The van der Waals surface area contributed by atoms with Gasteiger partial charge in [0.1, 0.15) is 17.4 Å². The van der Waals surface area contributed by atoms with Crippen LogP contribution in [0.5, 0.6) is 11.5 Å². The number of rotatable bonds is 9. The molecule has 0 bridgehead atoms. The third kappa shape index (κ3) is 5.16. The number of furan rings is 1. The highest BCUT2D eigenvalue weighted by atomic mass is 19.1. The predicted octanol–water partition coefficient (Wildman–Crippen LogP) is 4.30. The monoisotopic (exact) mass is 483 g/mol. The van der Waals surface area contributed by atoms with Crippen LogP contribution >= 0.6 is 0 Å². The van der Waals surface area contributed by atoms with E-state index in [9.17, 15) is 18.4 Å². The van der Waals surface area contributed by atoms with Gasteiger partial charge in [0.25, 0.3) is 5.56 Å². The minimum Gasteiger partial charge on any atom is -0.493 e. The first kappa shape index (κ1) is 23.9. The van der Waals surface area contributed by atoms with Crippen LogP contribution in [0.15, 0.2) is 64.3 Å². The topological polar surface area (TPSA) is 86.8 Å². The van der Waals surface area contributed by atoms with Crippen molar-refractivity contribution in [3.05, 3.63) is 82.8 Å². The molecule has 0 aliphatic carbocycles. The number of hydrogen-bond donors (Lipinski definition) is 0. The summed E-state index contributed by atoms with van der Waals surface area (Å²) in [6.07, 6.45) is 3.15. The van der Waals surface area contributed by atoms with Crippen LogP contribution in [-0.4, -0.2) is 29.7 Å². The van der Waals surface area contributed by atoms with E-state index in [2.05, 4.69) is 4.98 Å². The van der Waals surface area contributed by atoms with Crippen molar-refractivity contribution in [3.63, 3.8) is 0 Å². The van der Waals surface area contributed by atoms with E-state index in [0.717, 1.165) is 12.1 Å². The molecule has 0 N–H and O–H groups in total. The Balaban J connectivity index is 1.52. The van der Waals surface area contributed by atoms with E-state index in [1.807, 2.05) is 0 Å². The lowest BCUT2D eigenvalue weighted by molar-refractivity contribution is -0.119. The second-order valence-electron chi connectivity index (χ2n) is 7.73. The lowest BCUT2D eigenvalue weighted by atomic mass is 10.2. The Kier molecular flexibility index (Phi) is 7.09. The minimum atomic E-state index is -0.857. The fourth-order valence-electron chi connectivity index (χ4n) is 3.75. The van der Waals surface area contributed by atoms with Gasteiger partial charge in [0, 0.05) is 25.1 Å². The molecule has 2 heterocycles. The summed E-state index contributed by atoms with van der Waals surface area (Å²) in [7, 11) is 2.97. The van der Waals surface area contributed by atoms with E-state index in [1.54, 1.807) is 24.3 Å². The Bertz CT molecular complexity index is 1400. The first-order valence-electron chi connectivity index (χ1n) is 10.8. The Morgan fingerprint density at radius 3 is 2.57 bits per heavy atom. The molecule has 0 spiro atoms. The number of amides is 1. The molecule has 8 nitrogen and oxygen atoms in total. The van der Waals surface area contributed by atoms with Crippen LogP contribution in [0.25, 0.3) is 10.9 Å². The van der Waals surface area contributed by atoms with E-state index in [4.69, 9.17) is 13.9 Å². The molecule has 0 unspecified atom stereocenters. The molecule has 1 amide bonds. The van der Waals surface area contributed by atoms with Gasteiger partial charge in [-0.3, -0.25) is 14.2 Å². The maximum Gasteiger partial charge on any atom is 0.261 e. The van der Waals surface area contributed by atoms with Crippen molar-refractivity contribution in [1.29, 1.82) is 0 Å². The van der Waals surface area contributed by atoms with Crippen LogP contribution in [0.3, 0.4) is 0 Å². The molecule has 2 aromatic carbocycles. The van der Waals surface area contributed by atoms with Crippen LogP contribution in [0.1, 0.15) is 18.6 Å². The summed E-state index contributed by atoms with van der Waals surface area (Å²) < 4.78 is 45.1. The van der Waals surface area contributed by atoms with Crippen LogP contribution in [0.4, 0.5) is 14.5 Å². The van der Waals surface area contributed by atoms with Gasteiger partial charge in [0.05, 0.1) is 49.9 Å². The molecule has 4 rings (SSSR count). The summed E-state index contributed by atoms with van der Waals surface area (Å²) >= 11 is 0. The van der Waals surface area contributed by atoms with E-state index in [0.29, 0.717) is 28.2 Å². The number of nitrogens with zero attached hydrogens (tertiary/aromatic N) is 3. The number of halogens is 2. The fourth-order valence-corrected chi connectivity index (χ4v) is 3.75. The lowest BCUT2D eigenvalue weighted by Crippen LogP contribution is -2.31. The number of ether oxygens (including phenoxy) is 2. The van der Waals surface area contributed by atoms with Gasteiger partial charge in [-0.2, -0.15) is 0 Å². The fraction of sp³-hybridized carbons (Fsp3) is 0.240. The van der Waals surface area contributed by atoms with Gasteiger partial charge < -0.3 is 18.8 Å². The number of aromatic nitrogens is 2. The number of fused-ring (bicyclic) bond motifs is 1. The molecule has 0 aliphatic heterocycles. The third-order valence-corrected chi connectivity index (χ3v) is 5.51. The summed E-state index contributed by atoms with van der Waals surface area (Å²) in [4.78, 5) is 31.5. The molecule has 0 radical (unpaired) electrons. The zero-order valence-corrected chi connectivity index (χ0v) is 19.2. The van der Waals surface area contributed by atoms with E-state index in [1.165, 1.54) is 42.3 Å².